The number of carbonyl (C=O) groups is 1. The van der Waals surface area contributed by atoms with E-state index < -0.39 is 15.9 Å². The standard InChI is InChI=1S/C35H36N4O6S/c1-24-33(38-46(2,41)42)4-3-5-34(24)39(20-26-8-6-25(19-36)7-9-26)21-27-10-12-30(13-11-27)45-32-17-29(35(37)40)16-31(18-32)44-23-28-14-15-43-22-28/h3-13,16-18,28,38H,14-15,20-23H2,1-2H3,(H2,37,40). The van der Waals surface area contributed by atoms with Crippen LogP contribution < -0.4 is 24.8 Å². The van der Waals surface area contributed by atoms with E-state index in [0.29, 0.717) is 60.7 Å². The van der Waals surface area contributed by atoms with Crippen molar-refractivity contribution < 1.29 is 27.4 Å². The second-order valence-corrected chi connectivity index (χ2v) is 13.1. The molecule has 238 valence electrons. The van der Waals surface area contributed by atoms with Crippen molar-refractivity contribution in [2.45, 2.75) is 26.4 Å². The molecule has 0 saturated carbocycles. The van der Waals surface area contributed by atoms with Gasteiger partial charge in [-0.15, -0.1) is 0 Å². The van der Waals surface area contributed by atoms with Gasteiger partial charge in [-0.1, -0.05) is 30.3 Å². The maximum atomic E-state index is 12.0. The Labute approximate surface area is 269 Å². The van der Waals surface area contributed by atoms with Crippen LogP contribution in [0.4, 0.5) is 11.4 Å². The molecule has 1 fully saturated rings. The number of carbonyl (C=O) groups excluding carboxylic acids is 1. The predicted molar refractivity (Wildman–Crippen MR) is 177 cm³/mol. The molecule has 1 aliphatic rings. The molecule has 11 heteroatoms. The Morgan fingerprint density at radius 1 is 1.00 bits per heavy atom. The van der Waals surface area contributed by atoms with E-state index in [4.69, 9.17) is 19.9 Å². The van der Waals surface area contributed by atoms with Gasteiger partial charge in [-0.05, 0) is 78.6 Å². The first-order valence-corrected chi connectivity index (χ1v) is 16.7. The summed E-state index contributed by atoms with van der Waals surface area (Å²) >= 11 is 0. The number of anilines is 2. The Kier molecular flexibility index (Phi) is 10.1. The molecule has 1 saturated heterocycles. The van der Waals surface area contributed by atoms with E-state index in [1.807, 2.05) is 55.5 Å². The third-order valence-electron chi connectivity index (χ3n) is 7.60. The third-order valence-corrected chi connectivity index (χ3v) is 8.20. The van der Waals surface area contributed by atoms with Gasteiger partial charge in [-0.3, -0.25) is 9.52 Å². The van der Waals surface area contributed by atoms with Gasteiger partial charge >= 0.3 is 0 Å². The third kappa shape index (κ3) is 8.78. The molecule has 10 nitrogen and oxygen atoms in total. The zero-order valence-electron chi connectivity index (χ0n) is 25.7. The number of hydrogen-bond donors (Lipinski definition) is 2. The number of nitrogens with two attached hydrogens (primary N) is 1. The van der Waals surface area contributed by atoms with Crippen molar-refractivity contribution in [2.24, 2.45) is 11.7 Å². The number of hydrogen-bond acceptors (Lipinski definition) is 8. The normalized spacial score (nSPS) is 14.3. The maximum absolute atomic E-state index is 12.0. The first-order chi connectivity index (χ1) is 22.1. The van der Waals surface area contributed by atoms with Crippen LogP contribution in [-0.4, -0.2) is 40.4 Å². The first kappa shape index (κ1) is 32.3. The molecular formula is C35H36N4O6S. The van der Waals surface area contributed by atoms with Crippen molar-refractivity contribution in [3.8, 4) is 23.3 Å². The number of nitrogens with zero attached hydrogens (tertiary/aromatic N) is 2. The molecule has 4 aromatic rings. The van der Waals surface area contributed by atoms with E-state index in [-0.39, 0.29) is 5.56 Å². The van der Waals surface area contributed by atoms with Gasteiger partial charge in [0.05, 0.1) is 36.8 Å². The number of amides is 1. The van der Waals surface area contributed by atoms with E-state index >= 15 is 0 Å². The average molecular weight is 641 g/mol. The minimum Gasteiger partial charge on any atom is -0.493 e. The molecule has 5 rings (SSSR count). The highest BCUT2D eigenvalue weighted by molar-refractivity contribution is 7.92. The molecule has 0 bridgehead atoms. The van der Waals surface area contributed by atoms with Crippen LogP contribution in [-0.2, 0) is 27.8 Å². The summed E-state index contributed by atoms with van der Waals surface area (Å²) in [6.45, 7) is 4.75. The van der Waals surface area contributed by atoms with Crippen molar-refractivity contribution in [1.82, 2.24) is 0 Å². The van der Waals surface area contributed by atoms with Crippen LogP contribution in [0.3, 0.4) is 0 Å². The monoisotopic (exact) mass is 640 g/mol. The van der Waals surface area contributed by atoms with Crippen LogP contribution in [0.1, 0.15) is 39.0 Å². The van der Waals surface area contributed by atoms with Crippen LogP contribution in [0.2, 0.25) is 0 Å². The summed E-state index contributed by atoms with van der Waals surface area (Å²) in [4.78, 5) is 14.1. The molecular weight excluding hydrogens is 604 g/mol. The SMILES string of the molecule is Cc1c(NS(C)(=O)=O)cccc1N(Cc1ccc(C#N)cc1)Cc1ccc(Oc2cc(OCC3CCOC3)cc(C(N)=O)c2)cc1. The Bertz CT molecular complexity index is 1830. The Hall–Kier alpha value is -5.05. The van der Waals surface area contributed by atoms with E-state index in [1.165, 1.54) is 0 Å². The van der Waals surface area contributed by atoms with E-state index in [2.05, 4.69) is 15.7 Å². The molecule has 3 N–H and O–H groups in total. The highest BCUT2D eigenvalue weighted by Gasteiger charge is 2.18. The second kappa shape index (κ2) is 14.4. The highest BCUT2D eigenvalue weighted by Crippen LogP contribution is 2.32. The van der Waals surface area contributed by atoms with Crippen LogP contribution in [0.5, 0.6) is 17.2 Å². The lowest BCUT2D eigenvalue weighted by Crippen LogP contribution is -2.23. The number of sulfonamides is 1. The summed E-state index contributed by atoms with van der Waals surface area (Å²) in [5.41, 5.74) is 10.6. The Morgan fingerprint density at radius 3 is 2.28 bits per heavy atom. The lowest BCUT2D eigenvalue weighted by molar-refractivity contribution is 0.0999. The molecule has 1 atom stereocenters. The second-order valence-electron chi connectivity index (χ2n) is 11.3. The number of benzene rings is 4. The van der Waals surface area contributed by atoms with E-state index in [0.717, 1.165) is 41.7 Å². The number of ether oxygens (including phenoxy) is 3. The molecule has 46 heavy (non-hydrogen) atoms. The molecule has 0 spiro atoms. The van der Waals surface area contributed by atoms with Gasteiger partial charge in [0, 0.05) is 42.9 Å². The summed E-state index contributed by atoms with van der Waals surface area (Å²) in [6, 6.07) is 27.5. The minimum absolute atomic E-state index is 0.285. The fraction of sp³-hybridized carbons (Fsp3) is 0.257. The first-order valence-electron chi connectivity index (χ1n) is 14.8. The van der Waals surface area contributed by atoms with Gasteiger partial charge in [-0.2, -0.15) is 5.26 Å². The zero-order chi connectivity index (χ0) is 32.7. The highest BCUT2D eigenvalue weighted by atomic mass is 32.2. The average Bonchev–Trinajstić information content (AvgIpc) is 3.55. The fourth-order valence-corrected chi connectivity index (χ4v) is 5.83. The predicted octanol–water partition coefficient (Wildman–Crippen LogP) is 5.75. The molecule has 0 aromatic heterocycles. The maximum Gasteiger partial charge on any atom is 0.248 e. The van der Waals surface area contributed by atoms with Crippen LogP contribution in [0.25, 0.3) is 0 Å². The summed E-state index contributed by atoms with van der Waals surface area (Å²) in [6.07, 6.45) is 2.06. The zero-order valence-corrected chi connectivity index (χ0v) is 26.5. The summed E-state index contributed by atoms with van der Waals surface area (Å²) < 4.78 is 44.1. The van der Waals surface area contributed by atoms with Crippen molar-refractivity contribution in [1.29, 1.82) is 5.26 Å². The fourth-order valence-electron chi connectivity index (χ4n) is 5.21. The Morgan fingerprint density at radius 2 is 1.67 bits per heavy atom. The van der Waals surface area contributed by atoms with Crippen LogP contribution in [0, 0.1) is 24.2 Å². The van der Waals surface area contributed by atoms with Gasteiger partial charge in [0.25, 0.3) is 0 Å². The summed E-state index contributed by atoms with van der Waals surface area (Å²) in [5.74, 6) is 1.21. The minimum atomic E-state index is -3.47. The van der Waals surface area contributed by atoms with Gasteiger partial charge in [-0.25, -0.2) is 8.42 Å². The van der Waals surface area contributed by atoms with Crippen LogP contribution in [0.15, 0.2) is 84.9 Å². The van der Waals surface area contributed by atoms with E-state index in [1.54, 1.807) is 36.4 Å². The summed E-state index contributed by atoms with van der Waals surface area (Å²) in [7, 11) is -3.47. The van der Waals surface area contributed by atoms with Crippen molar-refractivity contribution in [2.75, 3.05) is 35.7 Å². The molecule has 0 radical (unpaired) electrons. The topological polar surface area (TPSA) is 144 Å². The Balaban J connectivity index is 1.36. The lowest BCUT2D eigenvalue weighted by atomic mass is 10.1. The molecule has 1 amide bonds. The number of nitriles is 1. The van der Waals surface area contributed by atoms with Crippen molar-refractivity contribution >= 4 is 27.3 Å². The van der Waals surface area contributed by atoms with Gasteiger partial charge in [0.1, 0.15) is 17.2 Å². The van der Waals surface area contributed by atoms with E-state index in [9.17, 15) is 18.5 Å². The molecule has 0 aliphatic carbocycles. The number of rotatable bonds is 13. The molecule has 4 aromatic carbocycles. The quantitative estimate of drug-likeness (QED) is 0.188. The van der Waals surface area contributed by atoms with Gasteiger partial charge < -0.3 is 24.8 Å². The smallest absolute Gasteiger partial charge is 0.248 e. The van der Waals surface area contributed by atoms with Gasteiger partial charge in [0.2, 0.25) is 15.9 Å². The molecule has 1 unspecified atom stereocenters. The van der Waals surface area contributed by atoms with Crippen molar-refractivity contribution in [3.05, 3.63) is 113 Å². The largest absolute Gasteiger partial charge is 0.493 e. The van der Waals surface area contributed by atoms with Crippen molar-refractivity contribution in [3.63, 3.8) is 0 Å². The van der Waals surface area contributed by atoms with Gasteiger partial charge in [0.15, 0.2) is 0 Å². The number of primary amides is 1. The van der Waals surface area contributed by atoms with Crippen LogP contribution >= 0.6 is 0 Å². The lowest BCUT2D eigenvalue weighted by Gasteiger charge is -2.28. The molecule has 1 heterocycles. The number of nitrogens with one attached hydrogen (secondary N) is 1. The summed E-state index contributed by atoms with van der Waals surface area (Å²) in [5, 5.41) is 9.22. The molecule has 1 aliphatic heterocycles.